The van der Waals surface area contributed by atoms with Gasteiger partial charge >= 0.3 is 5.97 Å². The first-order chi connectivity index (χ1) is 20.3. The minimum absolute atomic E-state index is 0.130. The Kier molecular flexibility index (Phi) is 9.99. The Morgan fingerprint density at radius 1 is 0.881 bits per heavy atom. The molecule has 9 nitrogen and oxygen atoms in total. The van der Waals surface area contributed by atoms with Crippen molar-refractivity contribution in [1.29, 1.82) is 0 Å². The molecule has 0 spiro atoms. The zero-order valence-corrected chi connectivity index (χ0v) is 24.1. The van der Waals surface area contributed by atoms with Crippen molar-refractivity contribution in [2.75, 3.05) is 34.5 Å². The summed E-state index contributed by atoms with van der Waals surface area (Å²) in [5.74, 6) is 0.618. The fourth-order valence-corrected chi connectivity index (χ4v) is 4.60. The molecule has 1 N–H and O–H groups in total. The average Bonchev–Trinajstić information content (AvgIpc) is 3.26. The first-order valence-electron chi connectivity index (χ1n) is 13.4. The van der Waals surface area contributed by atoms with Crippen LogP contribution in [0.2, 0.25) is 0 Å². The van der Waals surface area contributed by atoms with E-state index in [0.29, 0.717) is 48.0 Å². The predicted molar refractivity (Wildman–Crippen MR) is 158 cm³/mol. The Morgan fingerprint density at radius 2 is 1.60 bits per heavy atom. The number of benzene rings is 3. The number of allylic oxidation sites excluding steroid dienone is 1. The molecule has 3 aromatic rings. The highest BCUT2D eigenvalue weighted by molar-refractivity contribution is 6.16. The second-order valence-electron chi connectivity index (χ2n) is 9.53. The number of hydrogen-bond donors (Lipinski definition) is 1. The third kappa shape index (κ3) is 7.17. The molecule has 0 saturated heterocycles. The van der Waals surface area contributed by atoms with Gasteiger partial charge < -0.3 is 29.2 Å². The Bertz CT molecular complexity index is 1490. The van der Waals surface area contributed by atoms with Crippen LogP contribution >= 0.6 is 0 Å². The first kappa shape index (κ1) is 29.9. The van der Waals surface area contributed by atoms with E-state index in [0.717, 1.165) is 11.1 Å². The van der Waals surface area contributed by atoms with Crippen LogP contribution in [0.3, 0.4) is 0 Å². The number of hydrogen-bond acceptors (Lipinski definition) is 7. The largest absolute Gasteiger partial charge is 0.493 e. The number of ether oxygens (including phenoxy) is 4. The van der Waals surface area contributed by atoms with Gasteiger partial charge in [-0.2, -0.15) is 0 Å². The summed E-state index contributed by atoms with van der Waals surface area (Å²) in [6.07, 6.45) is 2.20. The van der Waals surface area contributed by atoms with Crippen LogP contribution in [0.15, 0.2) is 89.6 Å². The third-order valence-electron chi connectivity index (χ3n) is 6.87. The summed E-state index contributed by atoms with van der Waals surface area (Å²) in [4.78, 5) is 40.0. The molecule has 0 saturated carbocycles. The fraction of sp³-hybridized carbons (Fsp3) is 0.242. The summed E-state index contributed by atoms with van der Waals surface area (Å²) in [5.41, 5.74) is 3.65. The molecule has 9 heteroatoms. The summed E-state index contributed by atoms with van der Waals surface area (Å²) in [5, 5.41) is 2.82. The maximum atomic E-state index is 13.5. The summed E-state index contributed by atoms with van der Waals surface area (Å²) in [6, 6.07) is 22.1. The summed E-state index contributed by atoms with van der Waals surface area (Å²) < 4.78 is 21.3. The van der Waals surface area contributed by atoms with E-state index in [-0.39, 0.29) is 29.6 Å². The van der Waals surface area contributed by atoms with Crippen molar-refractivity contribution in [2.45, 2.75) is 19.9 Å². The molecule has 218 valence electrons. The van der Waals surface area contributed by atoms with Gasteiger partial charge in [0.25, 0.3) is 11.8 Å². The highest BCUT2D eigenvalue weighted by atomic mass is 16.5. The number of carbonyl (C=O) groups excluding carboxylic acids is 3. The first-order valence-corrected chi connectivity index (χ1v) is 13.4. The molecule has 4 rings (SSSR count). The number of amides is 2. The lowest BCUT2D eigenvalue weighted by molar-refractivity contribution is -0.136. The molecule has 0 radical (unpaired) electrons. The van der Waals surface area contributed by atoms with E-state index in [4.69, 9.17) is 18.9 Å². The molecule has 0 aliphatic carbocycles. The third-order valence-corrected chi connectivity index (χ3v) is 6.87. The average molecular weight is 571 g/mol. The number of nitrogens with one attached hydrogen (secondary N) is 1. The lowest BCUT2D eigenvalue weighted by atomic mass is 10.0. The van der Waals surface area contributed by atoms with Crippen molar-refractivity contribution in [3.8, 4) is 17.2 Å². The minimum Gasteiger partial charge on any atom is -0.493 e. The highest BCUT2D eigenvalue weighted by Gasteiger charge is 2.36. The van der Waals surface area contributed by atoms with Crippen molar-refractivity contribution < 1.29 is 33.3 Å². The van der Waals surface area contributed by atoms with Crippen molar-refractivity contribution in [3.63, 3.8) is 0 Å². The molecule has 1 aliphatic heterocycles. The molecule has 0 unspecified atom stereocenters. The second-order valence-corrected chi connectivity index (χ2v) is 9.53. The Hall–Kier alpha value is -5.05. The van der Waals surface area contributed by atoms with Crippen molar-refractivity contribution in [2.24, 2.45) is 0 Å². The van der Waals surface area contributed by atoms with Crippen LogP contribution in [0.4, 0.5) is 0 Å². The van der Waals surface area contributed by atoms with E-state index in [2.05, 4.69) is 5.32 Å². The van der Waals surface area contributed by atoms with Gasteiger partial charge in [0.15, 0.2) is 18.1 Å². The van der Waals surface area contributed by atoms with Gasteiger partial charge in [-0.3, -0.25) is 9.59 Å². The molecule has 0 atom stereocenters. The van der Waals surface area contributed by atoms with Gasteiger partial charge in [0.2, 0.25) is 0 Å². The normalized spacial score (nSPS) is 13.8. The Balaban J connectivity index is 1.42. The van der Waals surface area contributed by atoms with Crippen LogP contribution in [0.25, 0.3) is 6.08 Å². The van der Waals surface area contributed by atoms with Crippen LogP contribution in [-0.4, -0.2) is 57.2 Å². The SMILES string of the molecule is COC(=O)C1=C(C)N(CCc2ccc(OC)c(OC)c2)C(=O)/C1=C\c1ccc(OCC(=O)NCc2ccccc2)cc1. The van der Waals surface area contributed by atoms with Crippen LogP contribution in [0.5, 0.6) is 17.2 Å². The van der Waals surface area contributed by atoms with E-state index in [9.17, 15) is 14.4 Å². The highest BCUT2D eigenvalue weighted by Crippen LogP contribution is 2.33. The van der Waals surface area contributed by atoms with Gasteiger partial charge in [0, 0.05) is 18.8 Å². The molecule has 42 heavy (non-hydrogen) atoms. The zero-order chi connectivity index (χ0) is 30.1. The number of methoxy groups -OCH3 is 3. The molecule has 2 amide bonds. The molecule has 3 aromatic carbocycles. The molecule has 0 fully saturated rings. The van der Waals surface area contributed by atoms with Crippen molar-refractivity contribution in [3.05, 3.63) is 106 Å². The van der Waals surface area contributed by atoms with Gasteiger partial charge in [-0.25, -0.2) is 4.79 Å². The number of esters is 1. The topological polar surface area (TPSA) is 103 Å². The Labute approximate surface area is 245 Å². The van der Waals surface area contributed by atoms with Gasteiger partial charge in [-0.15, -0.1) is 0 Å². The fourth-order valence-electron chi connectivity index (χ4n) is 4.60. The quantitative estimate of drug-likeness (QED) is 0.256. The van der Waals surface area contributed by atoms with E-state index in [1.807, 2.05) is 48.5 Å². The zero-order valence-electron chi connectivity index (χ0n) is 24.1. The lowest BCUT2D eigenvalue weighted by Gasteiger charge is -2.18. The molecule has 0 aromatic heterocycles. The van der Waals surface area contributed by atoms with Crippen LogP contribution in [0.1, 0.15) is 23.6 Å². The van der Waals surface area contributed by atoms with E-state index < -0.39 is 5.97 Å². The number of carbonyl (C=O) groups is 3. The summed E-state index contributed by atoms with van der Waals surface area (Å²) in [6.45, 7) is 2.38. The lowest BCUT2D eigenvalue weighted by Crippen LogP contribution is -2.28. The Morgan fingerprint density at radius 3 is 2.26 bits per heavy atom. The second kappa shape index (κ2) is 14.0. The molecular weight excluding hydrogens is 536 g/mol. The van der Waals surface area contributed by atoms with Gasteiger partial charge in [0.1, 0.15) is 5.75 Å². The predicted octanol–water partition coefficient (Wildman–Crippen LogP) is 4.31. The van der Waals surface area contributed by atoms with E-state index >= 15 is 0 Å². The summed E-state index contributed by atoms with van der Waals surface area (Å²) >= 11 is 0. The van der Waals surface area contributed by atoms with Crippen molar-refractivity contribution in [1.82, 2.24) is 10.2 Å². The smallest absolute Gasteiger partial charge is 0.340 e. The molecule has 1 aliphatic rings. The monoisotopic (exact) mass is 570 g/mol. The maximum Gasteiger partial charge on any atom is 0.340 e. The van der Waals surface area contributed by atoms with E-state index in [1.165, 1.54) is 7.11 Å². The van der Waals surface area contributed by atoms with Crippen LogP contribution < -0.4 is 19.5 Å². The van der Waals surface area contributed by atoms with Gasteiger partial charge in [-0.05, 0) is 60.4 Å². The minimum atomic E-state index is -0.581. The number of nitrogens with zero attached hydrogens (tertiary/aromatic N) is 1. The van der Waals surface area contributed by atoms with Gasteiger partial charge in [-0.1, -0.05) is 48.5 Å². The molecule has 0 bridgehead atoms. The van der Waals surface area contributed by atoms with Crippen LogP contribution in [0, 0.1) is 0 Å². The molecular formula is C33H34N2O7. The maximum absolute atomic E-state index is 13.5. The molecule has 1 heterocycles. The van der Waals surface area contributed by atoms with Crippen LogP contribution in [-0.2, 0) is 32.1 Å². The van der Waals surface area contributed by atoms with Crippen molar-refractivity contribution >= 4 is 23.9 Å². The standard InChI is InChI=1S/C33H34N2O7/c1-22-31(33(38)41-4)27(32(37)35(22)17-16-24-12-15-28(39-2)29(19-24)40-3)18-23-10-13-26(14-11-23)42-21-30(36)34-20-25-8-6-5-7-9-25/h5-15,18-19H,16-17,20-21H2,1-4H3,(H,34,36)/b27-18-. The summed E-state index contributed by atoms with van der Waals surface area (Å²) in [7, 11) is 4.43. The van der Waals surface area contributed by atoms with E-state index in [1.54, 1.807) is 56.4 Å². The van der Waals surface area contributed by atoms with Gasteiger partial charge in [0.05, 0.1) is 32.5 Å². The number of rotatable bonds is 12.